The van der Waals surface area contributed by atoms with Crippen molar-refractivity contribution in [3.05, 3.63) is 47.0 Å². The van der Waals surface area contributed by atoms with Crippen LogP contribution in [0.5, 0.6) is 23.0 Å². The van der Waals surface area contributed by atoms with Crippen LogP contribution in [0.15, 0.2) is 36.4 Å². The Kier molecular flexibility index (Phi) is 7.41. The highest BCUT2D eigenvalue weighted by Crippen LogP contribution is 2.38. The third-order valence-electron chi connectivity index (χ3n) is 3.51. The van der Waals surface area contributed by atoms with Crippen LogP contribution in [-0.4, -0.2) is 40.5 Å². The molecule has 0 aliphatic rings. The number of benzene rings is 2. The van der Waals surface area contributed by atoms with Gasteiger partial charge in [-0.2, -0.15) is 0 Å². The molecule has 0 aliphatic carbocycles. The first kappa shape index (κ1) is 19.7. The number of halogens is 1. The zero-order valence-electron chi connectivity index (χ0n) is 14.9. The van der Waals surface area contributed by atoms with Gasteiger partial charge in [0, 0.05) is 0 Å². The Hall–Kier alpha value is -2.60. The minimum absolute atomic E-state index is 0.0722. The maximum atomic E-state index is 12.0. The number of ether oxygens (including phenoxy) is 5. The topological polar surface area (TPSA) is 63.2 Å². The Labute approximate surface area is 157 Å². The van der Waals surface area contributed by atoms with Crippen LogP contribution in [-0.2, 0) is 16.0 Å². The minimum Gasteiger partial charge on any atom is -0.493 e. The van der Waals surface area contributed by atoms with Gasteiger partial charge in [-0.1, -0.05) is 23.7 Å². The van der Waals surface area contributed by atoms with Gasteiger partial charge in [-0.05, 0) is 29.8 Å². The summed E-state index contributed by atoms with van der Waals surface area (Å²) in [5, 5.41) is 0.510. The molecule has 0 fully saturated rings. The van der Waals surface area contributed by atoms with Crippen molar-refractivity contribution in [2.75, 3.05) is 34.5 Å². The van der Waals surface area contributed by atoms with Crippen LogP contribution in [0.25, 0.3) is 0 Å². The number of methoxy groups -OCH3 is 3. The van der Waals surface area contributed by atoms with Crippen LogP contribution in [0, 0.1) is 0 Å². The summed E-state index contributed by atoms with van der Waals surface area (Å²) in [6.07, 6.45) is 0.0722. The largest absolute Gasteiger partial charge is 0.493 e. The molecule has 2 aromatic carbocycles. The lowest BCUT2D eigenvalue weighted by molar-refractivity contribution is -0.143. The van der Waals surface area contributed by atoms with Gasteiger partial charge in [0.1, 0.15) is 19.0 Å². The Morgan fingerprint density at radius 2 is 1.58 bits per heavy atom. The average molecular weight is 381 g/mol. The van der Waals surface area contributed by atoms with Crippen molar-refractivity contribution in [1.29, 1.82) is 0 Å². The molecular formula is C19H21ClO6. The predicted molar refractivity (Wildman–Crippen MR) is 97.7 cm³/mol. The molecular weight excluding hydrogens is 360 g/mol. The summed E-state index contributed by atoms with van der Waals surface area (Å²) in [6, 6.07) is 10.5. The van der Waals surface area contributed by atoms with Crippen LogP contribution in [0.2, 0.25) is 5.02 Å². The fraction of sp³-hybridized carbons (Fsp3) is 0.316. The van der Waals surface area contributed by atoms with E-state index < -0.39 is 0 Å². The van der Waals surface area contributed by atoms with Crippen molar-refractivity contribution in [3.63, 3.8) is 0 Å². The van der Waals surface area contributed by atoms with Gasteiger partial charge in [0.2, 0.25) is 5.75 Å². The van der Waals surface area contributed by atoms with E-state index >= 15 is 0 Å². The molecule has 2 rings (SSSR count). The summed E-state index contributed by atoms with van der Waals surface area (Å²) in [5.74, 6) is 1.60. The SMILES string of the molecule is COc1cc(CC(=O)OCCOc2ccccc2Cl)cc(OC)c1OC. The molecule has 0 bridgehead atoms. The minimum atomic E-state index is -0.387. The second kappa shape index (κ2) is 9.77. The van der Waals surface area contributed by atoms with Crippen LogP contribution >= 0.6 is 11.6 Å². The van der Waals surface area contributed by atoms with Gasteiger partial charge >= 0.3 is 5.97 Å². The number of hydrogen-bond donors (Lipinski definition) is 0. The zero-order valence-corrected chi connectivity index (χ0v) is 15.7. The number of hydrogen-bond acceptors (Lipinski definition) is 6. The van der Waals surface area contributed by atoms with Crippen molar-refractivity contribution in [3.8, 4) is 23.0 Å². The van der Waals surface area contributed by atoms with E-state index in [0.29, 0.717) is 33.6 Å². The van der Waals surface area contributed by atoms with E-state index in [-0.39, 0.29) is 25.6 Å². The van der Waals surface area contributed by atoms with E-state index in [1.54, 1.807) is 24.3 Å². The Morgan fingerprint density at radius 1 is 0.923 bits per heavy atom. The van der Waals surface area contributed by atoms with Crippen molar-refractivity contribution in [2.45, 2.75) is 6.42 Å². The lowest BCUT2D eigenvalue weighted by atomic mass is 10.1. The zero-order chi connectivity index (χ0) is 18.9. The lowest BCUT2D eigenvalue weighted by Gasteiger charge is -2.14. The van der Waals surface area contributed by atoms with Gasteiger partial charge in [0.05, 0.1) is 32.8 Å². The molecule has 0 heterocycles. The van der Waals surface area contributed by atoms with Gasteiger partial charge in [0.15, 0.2) is 11.5 Å². The smallest absolute Gasteiger partial charge is 0.310 e. The molecule has 0 saturated carbocycles. The summed E-state index contributed by atoms with van der Waals surface area (Å²) in [5.41, 5.74) is 0.691. The van der Waals surface area contributed by atoms with Gasteiger partial charge in [-0.15, -0.1) is 0 Å². The highest BCUT2D eigenvalue weighted by atomic mass is 35.5. The van der Waals surface area contributed by atoms with E-state index in [4.69, 9.17) is 35.3 Å². The molecule has 0 atom stereocenters. The normalized spacial score (nSPS) is 10.2. The maximum Gasteiger partial charge on any atom is 0.310 e. The fourth-order valence-electron chi connectivity index (χ4n) is 2.32. The highest BCUT2D eigenvalue weighted by molar-refractivity contribution is 6.32. The molecule has 0 amide bonds. The summed E-state index contributed by atoms with van der Waals surface area (Å²) >= 11 is 5.99. The molecule has 7 heteroatoms. The maximum absolute atomic E-state index is 12.0. The number of rotatable bonds is 9. The predicted octanol–water partition coefficient (Wildman–Crippen LogP) is 3.53. The monoisotopic (exact) mass is 380 g/mol. The molecule has 0 radical (unpaired) electrons. The van der Waals surface area contributed by atoms with Gasteiger partial charge < -0.3 is 23.7 Å². The van der Waals surface area contributed by atoms with Gasteiger partial charge in [0.25, 0.3) is 0 Å². The number of esters is 1. The summed E-state index contributed by atoms with van der Waals surface area (Å²) in [6.45, 7) is 0.333. The van der Waals surface area contributed by atoms with Crippen molar-refractivity contribution in [2.24, 2.45) is 0 Å². The quantitative estimate of drug-likeness (QED) is 0.490. The Balaban J connectivity index is 1.88. The lowest BCUT2D eigenvalue weighted by Crippen LogP contribution is -2.14. The summed E-state index contributed by atoms with van der Waals surface area (Å²) in [7, 11) is 4.56. The van der Waals surface area contributed by atoms with E-state index in [1.807, 2.05) is 12.1 Å². The molecule has 6 nitrogen and oxygen atoms in total. The molecule has 0 aliphatic heterocycles. The van der Waals surface area contributed by atoms with Crippen LogP contribution < -0.4 is 18.9 Å². The van der Waals surface area contributed by atoms with Crippen molar-refractivity contribution in [1.82, 2.24) is 0 Å². The van der Waals surface area contributed by atoms with E-state index in [2.05, 4.69) is 0 Å². The van der Waals surface area contributed by atoms with Gasteiger partial charge in [-0.25, -0.2) is 0 Å². The van der Waals surface area contributed by atoms with Crippen molar-refractivity contribution >= 4 is 17.6 Å². The van der Waals surface area contributed by atoms with Crippen LogP contribution in [0.3, 0.4) is 0 Å². The van der Waals surface area contributed by atoms with Crippen LogP contribution in [0.1, 0.15) is 5.56 Å². The third kappa shape index (κ3) is 5.20. The first-order chi connectivity index (χ1) is 12.6. The van der Waals surface area contributed by atoms with E-state index in [1.165, 1.54) is 21.3 Å². The first-order valence-corrected chi connectivity index (χ1v) is 8.28. The molecule has 2 aromatic rings. The number of para-hydroxylation sites is 1. The van der Waals surface area contributed by atoms with Gasteiger partial charge in [-0.3, -0.25) is 4.79 Å². The Morgan fingerprint density at radius 3 is 2.15 bits per heavy atom. The van der Waals surface area contributed by atoms with Crippen molar-refractivity contribution < 1.29 is 28.5 Å². The fourth-order valence-corrected chi connectivity index (χ4v) is 2.51. The summed E-state index contributed by atoms with van der Waals surface area (Å²) in [4.78, 5) is 12.0. The summed E-state index contributed by atoms with van der Waals surface area (Å²) < 4.78 is 26.5. The molecule has 26 heavy (non-hydrogen) atoms. The molecule has 0 saturated heterocycles. The molecule has 0 aromatic heterocycles. The molecule has 0 unspecified atom stereocenters. The van der Waals surface area contributed by atoms with E-state index in [0.717, 1.165) is 0 Å². The van der Waals surface area contributed by atoms with Crippen LogP contribution in [0.4, 0.5) is 0 Å². The molecule has 0 spiro atoms. The first-order valence-electron chi connectivity index (χ1n) is 7.90. The highest BCUT2D eigenvalue weighted by Gasteiger charge is 2.15. The second-order valence-electron chi connectivity index (χ2n) is 5.21. The second-order valence-corrected chi connectivity index (χ2v) is 5.62. The Bertz CT molecular complexity index is 722. The number of carbonyl (C=O) groups is 1. The molecule has 140 valence electrons. The molecule has 0 N–H and O–H groups in total. The van der Waals surface area contributed by atoms with E-state index in [9.17, 15) is 4.79 Å². The standard InChI is InChI=1S/C19H21ClO6/c1-22-16-10-13(11-17(23-2)19(16)24-3)12-18(21)26-9-8-25-15-7-5-4-6-14(15)20/h4-7,10-11H,8-9,12H2,1-3H3. The number of carbonyl (C=O) groups excluding carboxylic acids is 1. The average Bonchev–Trinajstić information content (AvgIpc) is 2.65. The third-order valence-corrected chi connectivity index (χ3v) is 3.83.